The third-order valence-electron chi connectivity index (χ3n) is 2.22. The number of aromatic nitrogens is 1. The van der Waals surface area contributed by atoms with E-state index < -0.39 is 0 Å². The average Bonchev–Trinajstić information content (AvgIpc) is 2.32. The molecule has 17 heavy (non-hydrogen) atoms. The Morgan fingerprint density at radius 3 is 2.71 bits per heavy atom. The molecule has 2 aromatic rings. The molecule has 88 valence electrons. The number of benzene rings is 1. The number of thioether (sulfide) groups is 1. The largest absolute Gasteiger partial charge is 0.398 e. The second-order valence-corrected chi connectivity index (χ2v) is 4.58. The fraction of sp³-hybridized carbons (Fsp3) is 0.0833. The molecular weight excluding hydrogens is 237 g/mol. The van der Waals surface area contributed by atoms with Gasteiger partial charge in [0, 0.05) is 22.5 Å². The molecule has 0 aliphatic carbocycles. The van der Waals surface area contributed by atoms with Crippen LogP contribution < -0.4 is 11.5 Å². The predicted octanol–water partition coefficient (Wildman–Crippen LogP) is 2.68. The van der Waals surface area contributed by atoms with Crippen LogP contribution in [0.25, 0.3) is 0 Å². The van der Waals surface area contributed by atoms with Crippen molar-refractivity contribution in [2.75, 3.05) is 11.5 Å². The van der Waals surface area contributed by atoms with Gasteiger partial charge in [0.1, 0.15) is 11.6 Å². The molecule has 0 aliphatic heterocycles. The van der Waals surface area contributed by atoms with Gasteiger partial charge in [0.2, 0.25) is 0 Å². The van der Waals surface area contributed by atoms with Crippen LogP contribution in [0.1, 0.15) is 5.56 Å². The van der Waals surface area contributed by atoms with E-state index in [0.717, 1.165) is 10.5 Å². The molecule has 0 atom stereocenters. The van der Waals surface area contributed by atoms with Crippen LogP contribution >= 0.6 is 11.8 Å². The maximum atomic E-state index is 13.0. The smallest absolute Gasteiger partial charge is 0.124 e. The summed E-state index contributed by atoms with van der Waals surface area (Å²) in [7, 11) is 0. The third-order valence-corrected chi connectivity index (χ3v) is 3.36. The van der Waals surface area contributed by atoms with Crippen molar-refractivity contribution < 1.29 is 4.39 Å². The summed E-state index contributed by atoms with van der Waals surface area (Å²) in [4.78, 5) is 4.73. The summed E-state index contributed by atoms with van der Waals surface area (Å²) in [5.74, 6) is 0.891. The van der Waals surface area contributed by atoms with Crippen LogP contribution in [0.5, 0.6) is 0 Å². The Morgan fingerprint density at radius 1 is 1.18 bits per heavy atom. The highest BCUT2D eigenvalue weighted by Gasteiger charge is 2.03. The summed E-state index contributed by atoms with van der Waals surface area (Å²) in [5, 5.41) is 0. The molecule has 0 saturated carbocycles. The predicted molar refractivity (Wildman–Crippen MR) is 69.0 cm³/mol. The lowest BCUT2D eigenvalue weighted by Crippen LogP contribution is -1.92. The molecule has 3 nitrogen and oxygen atoms in total. The number of rotatable bonds is 3. The lowest BCUT2D eigenvalue weighted by Gasteiger charge is -2.05. The highest BCUT2D eigenvalue weighted by Crippen LogP contribution is 2.28. The molecule has 0 spiro atoms. The number of halogens is 1. The average molecular weight is 249 g/mol. The molecule has 0 radical (unpaired) electrons. The number of hydrogen-bond acceptors (Lipinski definition) is 4. The first-order chi connectivity index (χ1) is 8.15. The zero-order chi connectivity index (χ0) is 12.3. The second-order valence-electron chi connectivity index (χ2n) is 3.56. The number of anilines is 2. The van der Waals surface area contributed by atoms with Crippen LogP contribution in [0.3, 0.4) is 0 Å². The molecule has 0 aliphatic rings. The van der Waals surface area contributed by atoms with Crippen molar-refractivity contribution in [3.63, 3.8) is 0 Å². The van der Waals surface area contributed by atoms with E-state index >= 15 is 0 Å². The first kappa shape index (κ1) is 11.7. The van der Waals surface area contributed by atoms with E-state index in [1.165, 1.54) is 23.9 Å². The van der Waals surface area contributed by atoms with Crippen molar-refractivity contribution in [3.05, 3.63) is 47.9 Å². The van der Waals surface area contributed by atoms with E-state index in [1.807, 2.05) is 6.07 Å². The SMILES string of the molecule is Nc1ccc(CSc2cc(F)ccc2N)cn1. The molecule has 1 aromatic carbocycles. The van der Waals surface area contributed by atoms with Crippen LogP contribution in [0, 0.1) is 5.82 Å². The van der Waals surface area contributed by atoms with Crippen LogP contribution in [0.15, 0.2) is 41.4 Å². The molecule has 0 saturated heterocycles. The maximum Gasteiger partial charge on any atom is 0.124 e. The van der Waals surface area contributed by atoms with Crippen molar-refractivity contribution in [3.8, 4) is 0 Å². The van der Waals surface area contributed by atoms with Gasteiger partial charge in [-0.2, -0.15) is 0 Å². The van der Waals surface area contributed by atoms with E-state index in [2.05, 4.69) is 4.98 Å². The lowest BCUT2D eigenvalue weighted by atomic mass is 10.3. The van der Waals surface area contributed by atoms with Crippen molar-refractivity contribution in [2.24, 2.45) is 0 Å². The third kappa shape index (κ3) is 3.10. The van der Waals surface area contributed by atoms with Gasteiger partial charge in [-0.15, -0.1) is 11.8 Å². The molecule has 5 heteroatoms. The Hall–Kier alpha value is -1.75. The van der Waals surface area contributed by atoms with Gasteiger partial charge in [-0.25, -0.2) is 9.37 Å². The highest BCUT2D eigenvalue weighted by molar-refractivity contribution is 7.98. The van der Waals surface area contributed by atoms with Crippen LogP contribution in [0.4, 0.5) is 15.9 Å². The van der Waals surface area contributed by atoms with E-state index in [9.17, 15) is 4.39 Å². The van der Waals surface area contributed by atoms with Gasteiger partial charge < -0.3 is 11.5 Å². The molecule has 0 unspecified atom stereocenters. The van der Waals surface area contributed by atoms with Crippen molar-refractivity contribution in [2.45, 2.75) is 10.6 Å². The van der Waals surface area contributed by atoms with Gasteiger partial charge in [-0.1, -0.05) is 6.07 Å². The summed E-state index contributed by atoms with van der Waals surface area (Å²) >= 11 is 1.47. The fourth-order valence-electron chi connectivity index (χ4n) is 1.32. The monoisotopic (exact) mass is 249 g/mol. The lowest BCUT2D eigenvalue weighted by molar-refractivity contribution is 0.624. The standard InChI is InChI=1S/C12H12FN3S/c13-9-2-3-10(14)11(5-9)17-7-8-1-4-12(15)16-6-8/h1-6H,7,14H2,(H2,15,16). The zero-order valence-corrected chi connectivity index (χ0v) is 9.88. The summed E-state index contributed by atoms with van der Waals surface area (Å²) in [5.41, 5.74) is 12.8. The zero-order valence-electron chi connectivity index (χ0n) is 9.06. The second kappa shape index (κ2) is 5.05. The molecule has 2 rings (SSSR count). The minimum atomic E-state index is -0.280. The van der Waals surface area contributed by atoms with Crippen LogP contribution in [0.2, 0.25) is 0 Å². The minimum absolute atomic E-state index is 0.280. The van der Waals surface area contributed by atoms with E-state index in [0.29, 0.717) is 17.3 Å². The van der Waals surface area contributed by atoms with Crippen LogP contribution in [-0.4, -0.2) is 4.98 Å². The van der Waals surface area contributed by atoms with Gasteiger partial charge in [-0.3, -0.25) is 0 Å². The number of nitrogen functional groups attached to an aromatic ring is 2. The van der Waals surface area contributed by atoms with Crippen molar-refractivity contribution in [1.29, 1.82) is 0 Å². The molecule has 0 amide bonds. The van der Waals surface area contributed by atoms with Gasteiger partial charge in [0.15, 0.2) is 0 Å². The molecule has 4 N–H and O–H groups in total. The Bertz CT molecular complexity index is 514. The highest BCUT2D eigenvalue weighted by atomic mass is 32.2. The Morgan fingerprint density at radius 2 is 2.00 bits per heavy atom. The van der Waals surface area contributed by atoms with Gasteiger partial charge in [-0.05, 0) is 29.8 Å². The molecule has 0 bridgehead atoms. The normalized spacial score (nSPS) is 10.4. The maximum absolute atomic E-state index is 13.0. The summed E-state index contributed by atoms with van der Waals surface area (Å²) in [6.07, 6.45) is 1.71. The fourth-order valence-corrected chi connectivity index (χ4v) is 2.24. The first-order valence-electron chi connectivity index (χ1n) is 5.03. The van der Waals surface area contributed by atoms with Crippen molar-refractivity contribution >= 4 is 23.3 Å². The summed E-state index contributed by atoms with van der Waals surface area (Å²) in [6.45, 7) is 0. The van der Waals surface area contributed by atoms with E-state index in [-0.39, 0.29) is 5.82 Å². The molecule has 1 heterocycles. The number of hydrogen-bond donors (Lipinski definition) is 2. The number of nitrogens with two attached hydrogens (primary N) is 2. The number of pyridine rings is 1. The first-order valence-corrected chi connectivity index (χ1v) is 6.02. The van der Waals surface area contributed by atoms with Gasteiger partial charge >= 0.3 is 0 Å². The Kier molecular flexibility index (Phi) is 3.49. The van der Waals surface area contributed by atoms with Crippen molar-refractivity contribution in [1.82, 2.24) is 4.98 Å². The summed E-state index contributed by atoms with van der Waals surface area (Å²) in [6, 6.07) is 7.99. The minimum Gasteiger partial charge on any atom is -0.398 e. The quantitative estimate of drug-likeness (QED) is 0.648. The summed E-state index contributed by atoms with van der Waals surface area (Å²) < 4.78 is 13.0. The molecule has 0 fully saturated rings. The van der Waals surface area contributed by atoms with Crippen LogP contribution in [-0.2, 0) is 5.75 Å². The van der Waals surface area contributed by atoms with E-state index in [1.54, 1.807) is 18.3 Å². The Balaban J connectivity index is 2.07. The van der Waals surface area contributed by atoms with E-state index in [4.69, 9.17) is 11.5 Å². The Labute approximate surface area is 103 Å². The van der Waals surface area contributed by atoms with Gasteiger partial charge in [0.05, 0.1) is 0 Å². The molecular formula is C12H12FN3S. The molecule has 1 aromatic heterocycles. The van der Waals surface area contributed by atoms with Gasteiger partial charge in [0.25, 0.3) is 0 Å². The topological polar surface area (TPSA) is 64.9 Å². The number of nitrogens with zero attached hydrogens (tertiary/aromatic N) is 1.